The molecule has 9 heteroatoms. The summed E-state index contributed by atoms with van der Waals surface area (Å²) in [6.07, 6.45) is -1.10. The van der Waals surface area contributed by atoms with Crippen LogP contribution in [0, 0.1) is 5.92 Å². The van der Waals surface area contributed by atoms with Gasteiger partial charge in [-0.3, -0.25) is 9.59 Å². The number of carboxylic acid groups (broad SMARTS) is 2. The van der Waals surface area contributed by atoms with Gasteiger partial charge in [-0.25, -0.2) is 14.8 Å². The number of nitrogens with zero attached hydrogens (tertiary/aromatic N) is 1. The fraction of sp³-hybridized carbons (Fsp3) is 0.211. The van der Waals surface area contributed by atoms with Crippen LogP contribution in [-0.2, 0) is 9.59 Å². The zero-order valence-corrected chi connectivity index (χ0v) is 16.4. The van der Waals surface area contributed by atoms with Gasteiger partial charge < -0.3 is 10.2 Å². The monoisotopic (exact) mass is 424 g/mol. The lowest BCUT2D eigenvalue weighted by Gasteiger charge is -2.18. The van der Waals surface area contributed by atoms with E-state index in [2.05, 4.69) is 4.99 Å². The SMILES string of the molecule is O=C(O)CCC(C[P+](O)(O)C(=Nc1ccc(Cl)cc1)c1ccccc1)C(=O)O. The molecule has 4 N–H and O–H groups in total. The van der Waals surface area contributed by atoms with Crippen LogP contribution in [0.3, 0.4) is 0 Å². The van der Waals surface area contributed by atoms with E-state index in [1.807, 2.05) is 0 Å². The Labute approximate surface area is 167 Å². The fourth-order valence-corrected chi connectivity index (χ4v) is 4.65. The van der Waals surface area contributed by atoms with Crippen LogP contribution in [0.5, 0.6) is 0 Å². The third kappa shape index (κ3) is 6.39. The maximum atomic E-state index is 11.5. The highest BCUT2D eigenvalue weighted by Gasteiger charge is 2.46. The van der Waals surface area contributed by atoms with Crippen LogP contribution in [0.4, 0.5) is 5.69 Å². The Bertz CT molecular complexity index is 854. The number of halogens is 1. The van der Waals surface area contributed by atoms with Crippen LogP contribution in [0.25, 0.3) is 0 Å². The second-order valence-corrected chi connectivity index (χ2v) is 8.84. The normalized spacial score (nSPS) is 13.2. The molecule has 0 saturated carbocycles. The predicted molar refractivity (Wildman–Crippen MR) is 108 cm³/mol. The lowest BCUT2D eigenvalue weighted by Crippen LogP contribution is -2.24. The predicted octanol–water partition coefficient (Wildman–Crippen LogP) is 3.82. The summed E-state index contributed by atoms with van der Waals surface area (Å²) in [4.78, 5) is 48.3. The number of carboxylic acids is 2. The first kappa shape index (κ1) is 22.0. The minimum atomic E-state index is -3.98. The Morgan fingerprint density at radius 1 is 1.00 bits per heavy atom. The van der Waals surface area contributed by atoms with Crippen molar-refractivity contribution in [2.75, 3.05) is 6.16 Å². The third-order valence-electron chi connectivity index (χ3n) is 3.96. The maximum absolute atomic E-state index is 11.5. The first-order chi connectivity index (χ1) is 13.2. The molecule has 0 bridgehead atoms. The van der Waals surface area contributed by atoms with E-state index in [1.54, 1.807) is 54.6 Å². The smallest absolute Gasteiger partial charge is 0.320 e. The third-order valence-corrected chi connectivity index (χ3v) is 6.20. The summed E-state index contributed by atoms with van der Waals surface area (Å²) in [7, 11) is -3.98. The number of hydrogen-bond donors (Lipinski definition) is 4. The van der Waals surface area contributed by atoms with Gasteiger partial charge in [0.1, 0.15) is 6.16 Å². The van der Waals surface area contributed by atoms with Crippen molar-refractivity contribution in [2.45, 2.75) is 12.8 Å². The second-order valence-electron chi connectivity index (χ2n) is 6.16. The molecule has 2 aromatic rings. The molecule has 0 aliphatic rings. The standard InChI is InChI=1S/C19H19ClNO6P/c20-15-7-9-16(10-8-15)21-18(13-4-2-1-3-5-13)28(26,27)12-14(19(24)25)6-11-17(22)23/h1-5,7-10,14,26-27H,6,11-12H2,(H-,22,23,24,25)/p+1. The van der Waals surface area contributed by atoms with Crippen LogP contribution in [0.15, 0.2) is 59.6 Å². The van der Waals surface area contributed by atoms with E-state index < -0.39 is 31.7 Å². The number of benzene rings is 2. The molecule has 2 rings (SSSR count). The van der Waals surface area contributed by atoms with Gasteiger partial charge in [-0.15, -0.1) is 0 Å². The van der Waals surface area contributed by atoms with Crippen molar-refractivity contribution in [1.29, 1.82) is 0 Å². The van der Waals surface area contributed by atoms with E-state index in [4.69, 9.17) is 16.7 Å². The quantitative estimate of drug-likeness (QED) is 0.358. The summed E-state index contributed by atoms with van der Waals surface area (Å²) in [6, 6.07) is 14.8. The summed E-state index contributed by atoms with van der Waals surface area (Å²) in [5.74, 6) is -3.66. The van der Waals surface area contributed by atoms with E-state index in [0.717, 1.165) is 0 Å². The summed E-state index contributed by atoms with van der Waals surface area (Å²) in [6.45, 7) is 0. The first-order valence-electron chi connectivity index (χ1n) is 8.37. The molecule has 0 spiro atoms. The van der Waals surface area contributed by atoms with E-state index in [9.17, 15) is 24.5 Å². The summed E-state index contributed by atoms with van der Waals surface area (Å²) < 4.78 is 0. The molecular formula is C19H20ClNO6P+. The minimum Gasteiger partial charge on any atom is -0.481 e. The van der Waals surface area contributed by atoms with Gasteiger partial charge in [-0.1, -0.05) is 29.8 Å². The Balaban J connectivity index is 2.41. The molecule has 28 heavy (non-hydrogen) atoms. The molecule has 0 aliphatic carbocycles. The van der Waals surface area contributed by atoms with Crippen LogP contribution in [0.2, 0.25) is 5.02 Å². The van der Waals surface area contributed by atoms with Crippen molar-refractivity contribution in [3.63, 3.8) is 0 Å². The highest BCUT2D eigenvalue weighted by Crippen LogP contribution is 2.56. The minimum absolute atomic E-state index is 0.0306. The molecule has 0 aliphatic heterocycles. The molecule has 1 unspecified atom stereocenters. The second kappa shape index (κ2) is 9.75. The van der Waals surface area contributed by atoms with Crippen LogP contribution < -0.4 is 0 Å². The van der Waals surface area contributed by atoms with E-state index in [-0.39, 0.29) is 18.3 Å². The zero-order chi connectivity index (χ0) is 20.7. The van der Waals surface area contributed by atoms with Gasteiger partial charge in [0.2, 0.25) is 5.45 Å². The van der Waals surface area contributed by atoms with E-state index in [0.29, 0.717) is 16.3 Å². The lowest BCUT2D eigenvalue weighted by atomic mass is 10.1. The highest BCUT2D eigenvalue weighted by atomic mass is 35.5. The Morgan fingerprint density at radius 2 is 1.61 bits per heavy atom. The highest BCUT2D eigenvalue weighted by molar-refractivity contribution is 7.82. The molecule has 1 atom stereocenters. The van der Waals surface area contributed by atoms with Crippen LogP contribution in [0.1, 0.15) is 18.4 Å². The average Bonchev–Trinajstić information content (AvgIpc) is 2.64. The first-order valence-corrected chi connectivity index (χ1v) is 10.6. The zero-order valence-electron chi connectivity index (χ0n) is 14.8. The van der Waals surface area contributed by atoms with Crippen LogP contribution in [-0.4, -0.2) is 43.6 Å². The Hall–Kier alpha value is -2.31. The molecule has 0 amide bonds. The molecule has 0 fully saturated rings. The van der Waals surface area contributed by atoms with Crippen molar-refractivity contribution >= 4 is 42.4 Å². The topological polar surface area (TPSA) is 127 Å². The largest absolute Gasteiger partial charge is 0.481 e. The van der Waals surface area contributed by atoms with Crippen molar-refractivity contribution in [1.82, 2.24) is 0 Å². The number of carbonyl (C=O) groups is 2. The van der Waals surface area contributed by atoms with Gasteiger partial charge >= 0.3 is 19.7 Å². The molecular weight excluding hydrogens is 405 g/mol. The van der Waals surface area contributed by atoms with Crippen molar-refractivity contribution < 1.29 is 29.6 Å². The number of rotatable bonds is 9. The average molecular weight is 425 g/mol. The van der Waals surface area contributed by atoms with Gasteiger partial charge in [-0.05, 0) is 42.8 Å². The molecule has 0 radical (unpaired) electrons. The van der Waals surface area contributed by atoms with Crippen molar-refractivity contribution in [3.05, 3.63) is 65.2 Å². The molecule has 0 saturated heterocycles. The molecule has 0 aromatic heterocycles. The molecule has 148 valence electrons. The maximum Gasteiger partial charge on any atom is 0.320 e. The fourth-order valence-electron chi connectivity index (χ4n) is 2.56. The summed E-state index contributed by atoms with van der Waals surface area (Å²) in [5.41, 5.74) is 0.836. The van der Waals surface area contributed by atoms with Crippen molar-refractivity contribution in [2.24, 2.45) is 10.9 Å². The van der Waals surface area contributed by atoms with Crippen LogP contribution >= 0.6 is 19.3 Å². The number of aliphatic imine (C=N–C) groups is 1. The van der Waals surface area contributed by atoms with E-state index in [1.165, 1.54) is 0 Å². The molecule has 2 aromatic carbocycles. The van der Waals surface area contributed by atoms with Gasteiger partial charge in [-0.2, -0.15) is 0 Å². The van der Waals surface area contributed by atoms with Crippen molar-refractivity contribution in [3.8, 4) is 0 Å². The molecule has 0 heterocycles. The van der Waals surface area contributed by atoms with Gasteiger partial charge in [0, 0.05) is 17.0 Å². The Kier molecular flexibility index (Phi) is 7.66. The van der Waals surface area contributed by atoms with Gasteiger partial charge in [0.05, 0.1) is 11.6 Å². The Morgan fingerprint density at radius 3 is 2.14 bits per heavy atom. The molecule has 7 nitrogen and oxygen atoms in total. The van der Waals surface area contributed by atoms with Gasteiger partial charge in [0.15, 0.2) is 0 Å². The summed E-state index contributed by atoms with van der Waals surface area (Å²) in [5, 5.41) is 18.7. The summed E-state index contributed by atoms with van der Waals surface area (Å²) >= 11 is 5.87. The van der Waals surface area contributed by atoms with E-state index >= 15 is 0 Å². The number of hydrogen-bond acceptors (Lipinski definition) is 5. The number of aliphatic carboxylic acids is 2. The lowest BCUT2D eigenvalue weighted by molar-refractivity contribution is -0.142. The van der Waals surface area contributed by atoms with Gasteiger partial charge in [0.25, 0.3) is 0 Å².